The topological polar surface area (TPSA) is 135 Å². The molecule has 0 aliphatic heterocycles. The van der Waals surface area contributed by atoms with Crippen molar-refractivity contribution >= 4 is 28.7 Å². The van der Waals surface area contributed by atoms with Gasteiger partial charge in [-0.2, -0.15) is 0 Å². The van der Waals surface area contributed by atoms with Crippen molar-refractivity contribution in [3.63, 3.8) is 0 Å². The van der Waals surface area contributed by atoms with Crippen LogP contribution in [0.3, 0.4) is 0 Å². The summed E-state index contributed by atoms with van der Waals surface area (Å²) in [6.45, 7) is 4.34. The van der Waals surface area contributed by atoms with E-state index in [4.69, 9.17) is 15.6 Å². The van der Waals surface area contributed by atoms with Crippen LogP contribution in [0.5, 0.6) is 0 Å². The highest BCUT2D eigenvalue weighted by Gasteiger charge is 2.25. The maximum Gasteiger partial charge on any atom is 0.328 e. The monoisotopic (exact) mass is 403 g/mol. The molecule has 2 aromatic rings. The number of aromatic nitrogens is 1. The van der Waals surface area contributed by atoms with Gasteiger partial charge in [-0.3, -0.25) is 9.59 Å². The van der Waals surface area contributed by atoms with Gasteiger partial charge in [-0.25, -0.2) is 4.79 Å². The van der Waals surface area contributed by atoms with Crippen molar-refractivity contribution in [1.82, 2.24) is 10.3 Å². The van der Waals surface area contributed by atoms with Gasteiger partial charge in [-0.15, -0.1) is 0 Å². The maximum atomic E-state index is 12.6. The predicted molar refractivity (Wildman–Crippen MR) is 109 cm³/mol. The smallest absolute Gasteiger partial charge is 0.328 e. The fourth-order valence-corrected chi connectivity index (χ4v) is 2.89. The highest BCUT2D eigenvalue weighted by atomic mass is 16.5. The molecule has 0 aliphatic carbocycles. The van der Waals surface area contributed by atoms with Gasteiger partial charge in [0.15, 0.2) is 0 Å². The van der Waals surface area contributed by atoms with Crippen LogP contribution in [0.15, 0.2) is 30.5 Å². The number of rotatable bonds is 11. The maximum absolute atomic E-state index is 12.6. The Morgan fingerprint density at radius 2 is 1.93 bits per heavy atom. The van der Waals surface area contributed by atoms with E-state index in [-0.39, 0.29) is 25.9 Å². The second-order valence-electron chi connectivity index (χ2n) is 7.52. The number of carboxylic acid groups (broad SMARTS) is 1. The molecule has 2 atom stereocenters. The van der Waals surface area contributed by atoms with E-state index in [1.165, 1.54) is 0 Å². The first-order valence-electron chi connectivity index (χ1n) is 9.77. The van der Waals surface area contributed by atoms with Crippen molar-refractivity contribution in [3.05, 3.63) is 36.0 Å². The standard InChI is InChI=1S/C21H29N3O5/c1-13(2)9-10-29-21(28)18(24-19(25)8-7-16(22)20(26)27)11-14-12-23-17-6-4-3-5-15(14)17/h3-6,12-13,16,18,23H,7-11,22H2,1-2H3,(H,24,25)(H,26,27). The van der Waals surface area contributed by atoms with Crippen LogP contribution in [0.2, 0.25) is 0 Å². The van der Waals surface area contributed by atoms with Gasteiger partial charge < -0.3 is 25.9 Å². The van der Waals surface area contributed by atoms with E-state index in [0.29, 0.717) is 5.92 Å². The van der Waals surface area contributed by atoms with Crippen LogP contribution < -0.4 is 11.1 Å². The molecule has 8 heteroatoms. The zero-order chi connectivity index (χ0) is 21.4. The van der Waals surface area contributed by atoms with Crippen molar-refractivity contribution in [2.75, 3.05) is 6.61 Å². The van der Waals surface area contributed by atoms with Crippen LogP contribution in [0.25, 0.3) is 10.9 Å². The number of hydrogen-bond acceptors (Lipinski definition) is 5. The number of esters is 1. The largest absolute Gasteiger partial charge is 0.480 e. The number of H-pyrrole nitrogens is 1. The Hall–Kier alpha value is -2.87. The summed E-state index contributed by atoms with van der Waals surface area (Å²) in [5.74, 6) is -1.72. The molecule has 2 unspecified atom stereocenters. The van der Waals surface area contributed by atoms with Gasteiger partial charge in [-0.05, 0) is 30.4 Å². The molecule has 0 spiro atoms. The first-order chi connectivity index (χ1) is 13.8. The number of benzene rings is 1. The number of nitrogens with two attached hydrogens (primary N) is 1. The fraction of sp³-hybridized carbons (Fsp3) is 0.476. The van der Waals surface area contributed by atoms with Gasteiger partial charge in [0.05, 0.1) is 6.61 Å². The van der Waals surface area contributed by atoms with Crippen LogP contribution in [-0.2, 0) is 25.5 Å². The third kappa shape index (κ3) is 6.90. The summed E-state index contributed by atoms with van der Waals surface area (Å²) >= 11 is 0. The minimum atomic E-state index is -1.17. The zero-order valence-corrected chi connectivity index (χ0v) is 16.8. The van der Waals surface area contributed by atoms with Gasteiger partial charge in [0, 0.05) is 29.9 Å². The minimum absolute atomic E-state index is 0.0105. The molecule has 8 nitrogen and oxygen atoms in total. The van der Waals surface area contributed by atoms with Crippen molar-refractivity contribution in [3.8, 4) is 0 Å². The number of fused-ring (bicyclic) bond motifs is 1. The van der Waals surface area contributed by atoms with Crippen LogP contribution in [-0.4, -0.2) is 46.6 Å². The molecule has 0 bridgehead atoms. The first kappa shape index (κ1) is 22.4. The molecule has 1 aromatic carbocycles. The van der Waals surface area contributed by atoms with Crippen molar-refractivity contribution in [2.45, 2.75) is 51.6 Å². The second-order valence-corrected chi connectivity index (χ2v) is 7.52. The van der Waals surface area contributed by atoms with Crippen molar-refractivity contribution in [2.24, 2.45) is 11.7 Å². The molecule has 1 amide bonds. The predicted octanol–water partition coefficient (Wildman–Crippen LogP) is 1.98. The summed E-state index contributed by atoms with van der Waals surface area (Å²) in [4.78, 5) is 38.9. The Morgan fingerprint density at radius 3 is 2.62 bits per heavy atom. The van der Waals surface area contributed by atoms with Gasteiger partial charge >= 0.3 is 11.9 Å². The zero-order valence-electron chi connectivity index (χ0n) is 16.8. The van der Waals surface area contributed by atoms with Crippen molar-refractivity contribution in [1.29, 1.82) is 0 Å². The fourth-order valence-electron chi connectivity index (χ4n) is 2.89. The Balaban J connectivity index is 2.07. The van der Waals surface area contributed by atoms with E-state index in [1.54, 1.807) is 0 Å². The first-order valence-corrected chi connectivity index (χ1v) is 9.77. The summed E-state index contributed by atoms with van der Waals surface area (Å²) in [5.41, 5.74) is 7.27. The van der Waals surface area contributed by atoms with E-state index < -0.39 is 29.9 Å². The molecule has 2 rings (SSSR count). The Labute approximate surface area is 169 Å². The molecular weight excluding hydrogens is 374 g/mol. The average Bonchev–Trinajstić information content (AvgIpc) is 3.08. The molecule has 0 radical (unpaired) electrons. The minimum Gasteiger partial charge on any atom is -0.480 e. The lowest BCUT2D eigenvalue weighted by Gasteiger charge is -2.18. The number of carbonyl (C=O) groups is 3. The lowest BCUT2D eigenvalue weighted by molar-refractivity contribution is -0.148. The molecule has 0 aliphatic rings. The quantitative estimate of drug-likeness (QED) is 0.424. The number of carboxylic acids is 1. The summed E-state index contributed by atoms with van der Waals surface area (Å²) in [7, 11) is 0. The van der Waals surface area contributed by atoms with Crippen LogP contribution in [0.4, 0.5) is 0 Å². The lowest BCUT2D eigenvalue weighted by Crippen LogP contribution is -2.44. The van der Waals surface area contributed by atoms with Gasteiger partial charge in [0.25, 0.3) is 0 Å². The van der Waals surface area contributed by atoms with E-state index >= 15 is 0 Å². The van der Waals surface area contributed by atoms with Crippen molar-refractivity contribution < 1.29 is 24.2 Å². The Morgan fingerprint density at radius 1 is 1.21 bits per heavy atom. The van der Waals surface area contributed by atoms with E-state index in [2.05, 4.69) is 10.3 Å². The van der Waals surface area contributed by atoms with Gasteiger partial charge in [0.2, 0.25) is 5.91 Å². The normalized spacial score (nSPS) is 13.2. The lowest BCUT2D eigenvalue weighted by atomic mass is 10.0. The Kier molecular flexibility index (Phi) is 8.21. The summed E-state index contributed by atoms with van der Waals surface area (Å²) < 4.78 is 5.36. The van der Waals surface area contributed by atoms with E-state index in [9.17, 15) is 14.4 Å². The number of carbonyl (C=O) groups excluding carboxylic acids is 2. The summed E-state index contributed by atoms with van der Waals surface area (Å²) in [5, 5.41) is 12.5. The van der Waals surface area contributed by atoms with Crippen LogP contribution >= 0.6 is 0 Å². The SMILES string of the molecule is CC(C)CCOC(=O)C(Cc1c[nH]c2ccccc12)NC(=O)CCC(N)C(=O)O. The number of hydrogen-bond donors (Lipinski definition) is 4. The number of para-hydroxylation sites is 1. The summed E-state index contributed by atoms with van der Waals surface area (Å²) in [6, 6.07) is 5.70. The third-order valence-electron chi connectivity index (χ3n) is 4.66. The highest BCUT2D eigenvalue weighted by molar-refractivity contribution is 5.87. The number of nitrogens with one attached hydrogen (secondary N) is 2. The molecule has 0 saturated heterocycles. The summed E-state index contributed by atoms with van der Waals surface area (Å²) in [6.07, 6.45) is 2.71. The molecule has 0 fully saturated rings. The molecule has 1 aromatic heterocycles. The number of aliphatic carboxylic acids is 1. The molecule has 5 N–H and O–H groups in total. The second kappa shape index (κ2) is 10.6. The molecule has 29 heavy (non-hydrogen) atoms. The number of amides is 1. The van der Waals surface area contributed by atoms with E-state index in [1.807, 2.05) is 44.3 Å². The van der Waals surface area contributed by atoms with E-state index in [0.717, 1.165) is 22.9 Å². The van der Waals surface area contributed by atoms with Gasteiger partial charge in [0.1, 0.15) is 12.1 Å². The number of ether oxygens (including phenoxy) is 1. The van der Waals surface area contributed by atoms with Gasteiger partial charge in [-0.1, -0.05) is 32.0 Å². The molecular formula is C21H29N3O5. The van der Waals surface area contributed by atoms with Crippen LogP contribution in [0.1, 0.15) is 38.7 Å². The number of aromatic amines is 1. The van der Waals surface area contributed by atoms with Crippen LogP contribution in [0, 0.1) is 5.92 Å². The average molecular weight is 403 g/mol. The molecule has 158 valence electrons. The third-order valence-corrected chi connectivity index (χ3v) is 4.66. The Bertz CT molecular complexity index is 846. The highest BCUT2D eigenvalue weighted by Crippen LogP contribution is 2.19. The molecule has 0 saturated carbocycles. The molecule has 1 heterocycles.